The standard InChI is InChI=1S/C21H22N2O9/c1-5-31-18-10-16(23(27)28)14(9-17(18)29-3)21(26)32-11-19(24)22-15-8-13(20(25)30-4)7-6-12(15)2/h6-10H,5,11H2,1-4H3,(H,22,24). The molecule has 2 aromatic rings. The number of carbonyl (C=O) groups excluding carboxylic acids is 3. The Kier molecular flexibility index (Phi) is 8.11. The SMILES string of the molecule is CCOc1cc([N+](=O)[O-])c(C(=O)OCC(=O)Nc2cc(C(=O)OC)ccc2C)cc1OC. The average Bonchev–Trinajstić information content (AvgIpc) is 2.78. The normalized spacial score (nSPS) is 10.1. The predicted octanol–water partition coefficient (Wildman–Crippen LogP) is 2.89. The quantitative estimate of drug-likeness (QED) is 0.349. The van der Waals surface area contributed by atoms with Crippen LogP contribution in [-0.4, -0.2) is 50.2 Å². The number of aryl methyl sites for hydroxylation is 1. The van der Waals surface area contributed by atoms with Gasteiger partial charge in [0, 0.05) is 11.8 Å². The third kappa shape index (κ3) is 5.72. The van der Waals surface area contributed by atoms with Crippen LogP contribution in [0.1, 0.15) is 33.2 Å². The monoisotopic (exact) mass is 446 g/mol. The zero-order chi connectivity index (χ0) is 23.8. The molecule has 0 aliphatic heterocycles. The van der Waals surface area contributed by atoms with Gasteiger partial charge in [0.2, 0.25) is 0 Å². The van der Waals surface area contributed by atoms with Crippen molar-refractivity contribution >= 4 is 29.2 Å². The van der Waals surface area contributed by atoms with Gasteiger partial charge in [-0.1, -0.05) is 6.07 Å². The molecule has 0 fully saturated rings. The van der Waals surface area contributed by atoms with Crippen LogP contribution in [-0.2, 0) is 14.3 Å². The maximum Gasteiger partial charge on any atom is 0.345 e. The van der Waals surface area contributed by atoms with Gasteiger partial charge in [0.25, 0.3) is 11.6 Å². The van der Waals surface area contributed by atoms with Gasteiger partial charge in [-0.2, -0.15) is 0 Å². The Labute approximate surface area is 183 Å². The fourth-order valence-corrected chi connectivity index (χ4v) is 2.69. The average molecular weight is 446 g/mol. The van der Waals surface area contributed by atoms with E-state index in [0.29, 0.717) is 11.3 Å². The first kappa shape index (κ1) is 24.1. The van der Waals surface area contributed by atoms with Crippen LogP contribution in [0.5, 0.6) is 11.5 Å². The fourth-order valence-electron chi connectivity index (χ4n) is 2.69. The summed E-state index contributed by atoms with van der Waals surface area (Å²) in [5, 5.41) is 13.9. The summed E-state index contributed by atoms with van der Waals surface area (Å²) in [7, 11) is 2.55. The van der Waals surface area contributed by atoms with Crippen molar-refractivity contribution in [3.05, 3.63) is 57.1 Å². The van der Waals surface area contributed by atoms with Crippen molar-refractivity contribution < 1.29 is 38.3 Å². The molecule has 2 aromatic carbocycles. The minimum Gasteiger partial charge on any atom is -0.493 e. The zero-order valence-electron chi connectivity index (χ0n) is 17.9. The third-order valence-electron chi connectivity index (χ3n) is 4.27. The number of nitro groups is 1. The van der Waals surface area contributed by atoms with Crippen molar-refractivity contribution in [3.8, 4) is 11.5 Å². The summed E-state index contributed by atoms with van der Waals surface area (Å²) in [5.41, 5.74) is 0.252. The van der Waals surface area contributed by atoms with E-state index in [1.54, 1.807) is 19.9 Å². The molecule has 0 atom stereocenters. The van der Waals surface area contributed by atoms with E-state index in [9.17, 15) is 24.5 Å². The Morgan fingerprint density at radius 3 is 2.38 bits per heavy atom. The van der Waals surface area contributed by atoms with Crippen LogP contribution in [0.2, 0.25) is 0 Å². The summed E-state index contributed by atoms with van der Waals surface area (Å²) in [6.07, 6.45) is 0. The lowest BCUT2D eigenvalue weighted by Gasteiger charge is -2.12. The third-order valence-corrected chi connectivity index (χ3v) is 4.27. The molecule has 2 rings (SSSR count). The van der Waals surface area contributed by atoms with Crippen molar-refractivity contribution in [2.45, 2.75) is 13.8 Å². The maximum absolute atomic E-state index is 12.4. The topological polar surface area (TPSA) is 143 Å². The van der Waals surface area contributed by atoms with Gasteiger partial charge in [0.05, 0.1) is 37.4 Å². The summed E-state index contributed by atoms with van der Waals surface area (Å²) in [4.78, 5) is 47.0. The van der Waals surface area contributed by atoms with E-state index in [1.807, 2.05) is 0 Å². The molecule has 32 heavy (non-hydrogen) atoms. The van der Waals surface area contributed by atoms with Crippen LogP contribution < -0.4 is 14.8 Å². The second-order valence-electron chi connectivity index (χ2n) is 6.36. The highest BCUT2D eigenvalue weighted by Gasteiger charge is 2.26. The van der Waals surface area contributed by atoms with Crippen LogP contribution >= 0.6 is 0 Å². The van der Waals surface area contributed by atoms with E-state index < -0.39 is 40.6 Å². The van der Waals surface area contributed by atoms with Gasteiger partial charge in [-0.3, -0.25) is 14.9 Å². The molecule has 0 bridgehead atoms. The first-order valence-corrected chi connectivity index (χ1v) is 9.36. The van der Waals surface area contributed by atoms with Crippen molar-refractivity contribution in [1.82, 2.24) is 0 Å². The van der Waals surface area contributed by atoms with E-state index in [-0.39, 0.29) is 23.7 Å². The van der Waals surface area contributed by atoms with Crippen molar-refractivity contribution in [2.24, 2.45) is 0 Å². The van der Waals surface area contributed by atoms with Gasteiger partial charge in [0.1, 0.15) is 5.56 Å². The molecule has 0 heterocycles. The maximum atomic E-state index is 12.4. The Hall–Kier alpha value is -4.15. The molecular weight excluding hydrogens is 424 g/mol. The van der Waals surface area contributed by atoms with E-state index in [4.69, 9.17) is 14.2 Å². The van der Waals surface area contributed by atoms with E-state index in [0.717, 1.165) is 12.1 Å². The molecule has 0 aliphatic carbocycles. The van der Waals surface area contributed by atoms with Gasteiger partial charge >= 0.3 is 11.9 Å². The lowest BCUT2D eigenvalue weighted by atomic mass is 10.1. The van der Waals surface area contributed by atoms with Gasteiger partial charge in [0.15, 0.2) is 18.1 Å². The Bertz CT molecular complexity index is 1050. The summed E-state index contributed by atoms with van der Waals surface area (Å²) >= 11 is 0. The van der Waals surface area contributed by atoms with E-state index in [1.165, 1.54) is 26.4 Å². The number of nitrogens with one attached hydrogen (secondary N) is 1. The number of anilines is 1. The molecule has 0 radical (unpaired) electrons. The number of benzene rings is 2. The minimum absolute atomic E-state index is 0.0944. The molecule has 0 unspecified atom stereocenters. The molecule has 0 saturated heterocycles. The molecule has 11 nitrogen and oxygen atoms in total. The highest BCUT2D eigenvalue weighted by Crippen LogP contribution is 2.35. The highest BCUT2D eigenvalue weighted by atomic mass is 16.6. The Morgan fingerprint density at radius 1 is 1.06 bits per heavy atom. The molecule has 0 saturated carbocycles. The number of carbonyl (C=O) groups is 3. The van der Waals surface area contributed by atoms with Crippen molar-refractivity contribution in [2.75, 3.05) is 32.8 Å². The fraction of sp³-hybridized carbons (Fsp3) is 0.286. The van der Waals surface area contributed by atoms with Gasteiger partial charge in [-0.05, 0) is 31.5 Å². The first-order valence-electron chi connectivity index (χ1n) is 9.36. The summed E-state index contributed by atoms with van der Waals surface area (Å²) in [6, 6.07) is 6.75. The number of rotatable bonds is 9. The van der Waals surface area contributed by atoms with Crippen LogP contribution in [0.3, 0.4) is 0 Å². The lowest BCUT2D eigenvalue weighted by Crippen LogP contribution is -2.22. The number of methoxy groups -OCH3 is 2. The number of nitro benzene ring substituents is 1. The number of hydrogen-bond donors (Lipinski definition) is 1. The van der Waals surface area contributed by atoms with Gasteiger partial charge in [-0.25, -0.2) is 9.59 Å². The van der Waals surface area contributed by atoms with Crippen molar-refractivity contribution in [3.63, 3.8) is 0 Å². The van der Waals surface area contributed by atoms with Crippen LogP contribution in [0.4, 0.5) is 11.4 Å². The summed E-state index contributed by atoms with van der Waals surface area (Å²) in [5.74, 6) is -2.18. The van der Waals surface area contributed by atoms with Crippen molar-refractivity contribution in [1.29, 1.82) is 0 Å². The predicted molar refractivity (Wildman–Crippen MR) is 112 cm³/mol. The van der Waals surface area contributed by atoms with Gasteiger partial charge < -0.3 is 24.3 Å². The van der Waals surface area contributed by atoms with Crippen LogP contribution in [0.15, 0.2) is 30.3 Å². The molecule has 1 N–H and O–H groups in total. The second kappa shape index (κ2) is 10.8. The highest BCUT2D eigenvalue weighted by molar-refractivity contribution is 5.99. The first-order chi connectivity index (χ1) is 15.2. The largest absolute Gasteiger partial charge is 0.493 e. The van der Waals surface area contributed by atoms with E-state index in [2.05, 4.69) is 10.1 Å². The molecule has 0 aromatic heterocycles. The molecule has 0 spiro atoms. The number of esters is 2. The minimum atomic E-state index is -1.09. The molecule has 1 amide bonds. The summed E-state index contributed by atoms with van der Waals surface area (Å²) in [6.45, 7) is 2.91. The molecule has 170 valence electrons. The summed E-state index contributed by atoms with van der Waals surface area (Å²) < 4.78 is 20.0. The second-order valence-corrected chi connectivity index (χ2v) is 6.36. The zero-order valence-corrected chi connectivity index (χ0v) is 17.9. The molecular formula is C21H22N2O9. The smallest absolute Gasteiger partial charge is 0.345 e. The Morgan fingerprint density at radius 2 is 1.78 bits per heavy atom. The molecule has 11 heteroatoms. The number of hydrogen-bond acceptors (Lipinski definition) is 9. The number of ether oxygens (including phenoxy) is 4. The molecule has 0 aliphatic rings. The van der Waals surface area contributed by atoms with Crippen LogP contribution in [0, 0.1) is 17.0 Å². The van der Waals surface area contributed by atoms with E-state index >= 15 is 0 Å². The number of nitrogens with zero attached hydrogens (tertiary/aromatic N) is 1. The van der Waals surface area contributed by atoms with Crippen LogP contribution in [0.25, 0.3) is 0 Å². The van der Waals surface area contributed by atoms with Gasteiger partial charge in [-0.15, -0.1) is 0 Å². The lowest BCUT2D eigenvalue weighted by molar-refractivity contribution is -0.385. The Balaban J connectivity index is 2.16. The number of amides is 1.